The number of carbonyl (C=O) groups excluding carboxylic acids is 1. The van der Waals surface area contributed by atoms with E-state index in [1.807, 2.05) is 0 Å². The minimum absolute atomic E-state index is 0.258. The van der Waals surface area contributed by atoms with Gasteiger partial charge in [-0.1, -0.05) is 19.2 Å². The Hall–Kier alpha value is -1.27. The van der Waals surface area contributed by atoms with Crippen molar-refractivity contribution in [1.82, 2.24) is 0 Å². The molecule has 2 nitrogen and oxygen atoms in total. The van der Waals surface area contributed by atoms with Gasteiger partial charge in [-0.05, 0) is 13.0 Å². The molecule has 0 spiro atoms. The molecule has 0 N–H and O–H groups in total. The van der Waals surface area contributed by atoms with Gasteiger partial charge in [-0.25, -0.2) is 0 Å². The van der Waals surface area contributed by atoms with Crippen molar-refractivity contribution < 1.29 is 9.53 Å². The molecule has 0 aliphatic heterocycles. The SMILES string of the molecule is C=C=CC(C)C(=O)OCC=C. The Kier molecular flexibility index (Phi) is 4.87. The number of hydrogen-bond acceptors (Lipinski definition) is 2. The zero-order valence-corrected chi connectivity index (χ0v) is 6.67. The molecule has 0 fully saturated rings. The summed E-state index contributed by atoms with van der Waals surface area (Å²) in [6.07, 6.45) is 3.09. The Morgan fingerprint density at radius 1 is 1.82 bits per heavy atom. The molecule has 0 radical (unpaired) electrons. The Morgan fingerprint density at radius 2 is 2.45 bits per heavy atom. The van der Waals surface area contributed by atoms with Gasteiger partial charge in [0.1, 0.15) is 6.61 Å². The molecule has 0 amide bonds. The topological polar surface area (TPSA) is 26.3 Å². The number of ether oxygens (including phenoxy) is 1. The molecule has 0 aliphatic carbocycles. The highest BCUT2D eigenvalue weighted by atomic mass is 16.5. The van der Waals surface area contributed by atoms with E-state index in [1.54, 1.807) is 13.0 Å². The van der Waals surface area contributed by atoms with Gasteiger partial charge in [0.15, 0.2) is 0 Å². The Balaban J connectivity index is 3.81. The van der Waals surface area contributed by atoms with Crippen molar-refractivity contribution in [3.05, 3.63) is 31.0 Å². The van der Waals surface area contributed by atoms with Gasteiger partial charge in [-0.15, -0.1) is 5.73 Å². The summed E-state index contributed by atoms with van der Waals surface area (Å²) < 4.78 is 4.75. The molecule has 0 saturated carbocycles. The molecule has 0 saturated heterocycles. The Labute approximate surface area is 66.9 Å². The summed E-state index contributed by atoms with van der Waals surface area (Å²) in [6, 6.07) is 0. The molecule has 0 bridgehead atoms. The lowest BCUT2D eigenvalue weighted by Crippen LogP contribution is -2.12. The molecule has 0 rings (SSSR count). The lowest BCUT2D eigenvalue weighted by molar-refractivity contribution is -0.144. The van der Waals surface area contributed by atoms with E-state index >= 15 is 0 Å². The van der Waals surface area contributed by atoms with Gasteiger partial charge in [0.2, 0.25) is 0 Å². The highest BCUT2D eigenvalue weighted by Gasteiger charge is 2.08. The average Bonchev–Trinajstić information content (AvgIpc) is 2.00. The van der Waals surface area contributed by atoms with E-state index in [0.717, 1.165) is 0 Å². The fourth-order valence-electron chi connectivity index (χ4n) is 0.517. The maximum atomic E-state index is 10.9. The van der Waals surface area contributed by atoms with Gasteiger partial charge >= 0.3 is 5.97 Å². The van der Waals surface area contributed by atoms with Crippen molar-refractivity contribution in [3.8, 4) is 0 Å². The Bertz CT molecular complexity index is 188. The van der Waals surface area contributed by atoms with Crippen LogP contribution in [0.3, 0.4) is 0 Å². The molecule has 0 aliphatic rings. The first-order valence-corrected chi connectivity index (χ1v) is 3.36. The van der Waals surface area contributed by atoms with Crippen molar-refractivity contribution in [3.63, 3.8) is 0 Å². The lowest BCUT2D eigenvalue weighted by Gasteiger charge is -2.03. The van der Waals surface area contributed by atoms with Crippen LogP contribution in [0.4, 0.5) is 0 Å². The first-order chi connectivity index (χ1) is 5.22. The fourth-order valence-corrected chi connectivity index (χ4v) is 0.517. The zero-order chi connectivity index (χ0) is 8.69. The first-order valence-electron chi connectivity index (χ1n) is 3.36. The summed E-state index contributed by atoms with van der Waals surface area (Å²) in [5.74, 6) is -0.548. The molecule has 60 valence electrons. The molecule has 2 heteroatoms. The van der Waals surface area contributed by atoms with Crippen LogP contribution in [-0.4, -0.2) is 12.6 Å². The van der Waals surface area contributed by atoms with Crippen molar-refractivity contribution >= 4 is 5.97 Å². The lowest BCUT2D eigenvalue weighted by atomic mass is 10.2. The molecule has 1 unspecified atom stereocenters. The van der Waals surface area contributed by atoms with E-state index in [0.29, 0.717) is 0 Å². The summed E-state index contributed by atoms with van der Waals surface area (Å²) in [5, 5.41) is 0. The van der Waals surface area contributed by atoms with Crippen molar-refractivity contribution in [2.24, 2.45) is 5.92 Å². The summed E-state index contributed by atoms with van der Waals surface area (Å²) in [5.41, 5.74) is 2.52. The van der Waals surface area contributed by atoms with Crippen LogP contribution in [0, 0.1) is 5.92 Å². The van der Waals surface area contributed by atoms with Gasteiger partial charge < -0.3 is 4.74 Å². The molecular weight excluding hydrogens is 140 g/mol. The number of carbonyl (C=O) groups is 1. The van der Waals surface area contributed by atoms with Crippen LogP contribution in [0.25, 0.3) is 0 Å². The molecule has 0 heterocycles. The second-order valence-corrected chi connectivity index (χ2v) is 2.08. The molecular formula is C9H12O2. The van der Waals surface area contributed by atoms with Crippen LogP contribution in [0.15, 0.2) is 31.0 Å². The van der Waals surface area contributed by atoms with Crippen LogP contribution in [0.5, 0.6) is 0 Å². The molecule has 11 heavy (non-hydrogen) atoms. The number of hydrogen-bond donors (Lipinski definition) is 0. The second kappa shape index (κ2) is 5.51. The monoisotopic (exact) mass is 152 g/mol. The van der Waals surface area contributed by atoms with E-state index in [1.165, 1.54) is 6.08 Å². The highest BCUT2D eigenvalue weighted by Crippen LogP contribution is 1.98. The van der Waals surface area contributed by atoms with Crippen molar-refractivity contribution in [1.29, 1.82) is 0 Å². The third kappa shape index (κ3) is 4.18. The first kappa shape index (κ1) is 9.73. The molecule has 1 atom stereocenters. The van der Waals surface area contributed by atoms with Crippen LogP contribution < -0.4 is 0 Å². The Morgan fingerprint density at radius 3 is 2.91 bits per heavy atom. The normalized spacial score (nSPS) is 11.0. The quantitative estimate of drug-likeness (QED) is 0.348. The number of rotatable bonds is 4. The van der Waals surface area contributed by atoms with E-state index in [4.69, 9.17) is 4.74 Å². The maximum Gasteiger partial charge on any atom is 0.313 e. The van der Waals surface area contributed by atoms with E-state index < -0.39 is 0 Å². The van der Waals surface area contributed by atoms with Gasteiger partial charge in [0.25, 0.3) is 0 Å². The molecule has 0 aromatic carbocycles. The summed E-state index contributed by atoms with van der Waals surface area (Å²) in [7, 11) is 0. The summed E-state index contributed by atoms with van der Waals surface area (Å²) >= 11 is 0. The van der Waals surface area contributed by atoms with E-state index in [2.05, 4.69) is 18.9 Å². The minimum Gasteiger partial charge on any atom is -0.461 e. The third-order valence-corrected chi connectivity index (χ3v) is 1.08. The van der Waals surface area contributed by atoms with Gasteiger partial charge in [0.05, 0.1) is 5.92 Å². The molecule has 0 aromatic heterocycles. The smallest absolute Gasteiger partial charge is 0.313 e. The van der Waals surface area contributed by atoms with Gasteiger partial charge in [-0.3, -0.25) is 4.79 Å². The van der Waals surface area contributed by atoms with Crippen LogP contribution in [0.2, 0.25) is 0 Å². The number of esters is 1. The van der Waals surface area contributed by atoms with Crippen molar-refractivity contribution in [2.45, 2.75) is 6.92 Å². The standard InChI is InChI=1S/C9H12O2/c1-4-6-8(3)9(10)11-7-5-2/h5-6,8H,1-2,7H2,3H3. The van der Waals surface area contributed by atoms with Gasteiger partial charge in [0, 0.05) is 0 Å². The minimum atomic E-state index is -0.277. The van der Waals surface area contributed by atoms with E-state index in [9.17, 15) is 4.79 Å². The summed E-state index contributed by atoms with van der Waals surface area (Å²) in [4.78, 5) is 10.9. The average molecular weight is 152 g/mol. The van der Waals surface area contributed by atoms with Crippen LogP contribution in [-0.2, 0) is 9.53 Å². The second-order valence-electron chi connectivity index (χ2n) is 2.08. The van der Waals surface area contributed by atoms with Gasteiger partial charge in [-0.2, -0.15) is 0 Å². The molecule has 0 aromatic rings. The predicted octanol–water partition coefficient (Wildman–Crippen LogP) is 1.69. The van der Waals surface area contributed by atoms with Crippen molar-refractivity contribution in [2.75, 3.05) is 6.61 Å². The maximum absolute atomic E-state index is 10.9. The third-order valence-electron chi connectivity index (χ3n) is 1.08. The predicted molar refractivity (Wildman–Crippen MR) is 44.0 cm³/mol. The largest absolute Gasteiger partial charge is 0.461 e. The van der Waals surface area contributed by atoms with Crippen LogP contribution in [0.1, 0.15) is 6.92 Å². The fraction of sp³-hybridized carbons (Fsp3) is 0.333. The van der Waals surface area contributed by atoms with Crippen LogP contribution >= 0.6 is 0 Å². The van der Waals surface area contributed by atoms with E-state index in [-0.39, 0.29) is 18.5 Å². The zero-order valence-electron chi connectivity index (χ0n) is 6.67. The highest BCUT2D eigenvalue weighted by molar-refractivity contribution is 5.73. The summed E-state index contributed by atoms with van der Waals surface area (Å²) in [6.45, 7) is 8.76.